The van der Waals surface area contributed by atoms with Crippen LogP contribution >= 0.6 is 0 Å². The van der Waals surface area contributed by atoms with E-state index in [0.717, 1.165) is 6.54 Å². The molecular formula is C15H28N4. The number of hydrogen-bond donors (Lipinski definition) is 1. The highest BCUT2D eigenvalue weighted by Crippen LogP contribution is 2.31. The molecule has 1 fully saturated rings. The van der Waals surface area contributed by atoms with E-state index in [0.29, 0.717) is 12.1 Å². The molecule has 2 rings (SSSR count). The summed E-state index contributed by atoms with van der Waals surface area (Å²) in [7, 11) is 1.97. The van der Waals surface area contributed by atoms with Crippen LogP contribution in [0.5, 0.6) is 0 Å². The Morgan fingerprint density at radius 3 is 2.58 bits per heavy atom. The number of nitrogens with zero attached hydrogens (tertiary/aromatic N) is 3. The predicted molar refractivity (Wildman–Crippen MR) is 78.9 cm³/mol. The average Bonchev–Trinajstić information content (AvgIpc) is 2.82. The van der Waals surface area contributed by atoms with Crippen LogP contribution in [0.2, 0.25) is 0 Å². The van der Waals surface area contributed by atoms with Crippen molar-refractivity contribution in [3.8, 4) is 0 Å². The molecule has 0 aliphatic heterocycles. The van der Waals surface area contributed by atoms with Crippen LogP contribution < -0.4 is 5.73 Å². The van der Waals surface area contributed by atoms with Gasteiger partial charge in [0.2, 0.25) is 0 Å². The Balaban J connectivity index is 2.20. The maximum absolute atomic E-state index is 6.28. The van der Waals surface area contributed by atoms with Crippen molar-refractivity contribution in [3.05, 3.63) is 18.0 Å². The lowest BCUT2D eigenvalue weighted by molar-refractivity contribution is 0.0974. The van der Waals surface area contributed by atoms with Gasteiger partial charge in [-0.2, -0.15) is 5.10 Å². The summed E-state index contributed by atoms with van der Waals surface area (Å²) in [4.78, 5) is 2.60. The van der Waals surface area contributed by atoms with Crippen LogP contribution in [0.25, 0.3) is 0 Å². The quantitative estimate of drug-likeness (QED) is 0.888. The van der Waals surface area contributed by atoms with E-state index in [2.05, 4.69) is 30.0 Å². The zero-order chi connectivity index (χ0) is 13.8. The molecule has 1 heterocycles. The molecule has 0 bridgehead atoms. The Labute approximate surface area is 117 Å². The maximum atomic E-state index is 6.28. The molecule has 0 spiro atoms. The normalized spacial score (nSPS) is 20.7. The monoisotopic (exact) mass is 264 g/mol. The highest BCUT2D eigenvalue weighted by molar-refractivity contribution is 5.13. The summed E-state index contributed by atoms with van der Waals surface area (Å²) in [6.45, 7) is 5.43. The number of nitrogens with two attached hydrogens (primary N) is 1. The van der Waals surface area contributed by atoms with E-state index < -0.39 is 0 Å². The standard InChI is InChI=1S/C15H28N4/c1-4-19(14-8-6-5-7-9-14)15(12(2)16)13-10-17-18(3)11-13/h10-12,14-15H,4-9,16H2,1-3H3. The minimum atomic E-state index is 0.131. The fraction of sp³-hybridized carbons (Fsp3) is 0.800. The van der Waals surface area contributed by atoms with E-state index in [1.165, 1.54) is 37.7 Å². The number of likely N-dealkylation sites (N-methyl/N-ethyl adjacent to an activating group) is 1. The molecule has 2 unspecified atom stereocenters. The third-order valence-corrected chi connectivity index (χ3v) is 4.33. The molecule has 4 nitrogen and oxygen atoms in total. The minimum Gasteiger partial charge on any atom is -0.326 e. The summed E-state index contributed by atoms with van der Waals surface area (Å²) in [5, 5.41) is 4.32. The molecule has 4 heteroatoms. The van der Waals surface area contributed by atoms with E-state index in [4.69, 9.17) is 5.73 Å². The Morgan fingerprint density at radius 2 is 2.11 bits per heavy atom. The molecule has 1 aliphatic rings. The highest BCUT2D eigenvalue weighted by Gasteiger charge is 2.30. The van der Waals surface area contributed by atoms with Crippen molar-refractivity contribution in [2.24, 2.45) is 12.8 Å². The van der Waals surface area contributed by atoms with Gasteiger partial charge in [-0.05, 0) is 26.3 Å². The number of aryl methyl sites for hydroxylation is 1. The van der Waals surface area contributed by atoms with Crippen LogP contribution in [0.1, 0.15) is 57.6 Å². The smallest absolute Gasteiger partial charge is 0.0538 e. The van der Waals surface area contributed by atoms with Gasteiger partial charge in [-0.3, -0.25) is 9.58 Å². The van der Waals surface area contributed by atoms with Gasteiger partial charge in [0, 0.05) is 30.9 Å². The van der Waals surface area contributed by atoms with Gasteiger partial charge >= 0.3 is 0 Å². The SMILES string of the molecule is CCN(C1CCCCC1)C(c1cnn(C)c1)C(C)N. The average molecular weight is 264 g/mol. The van der Waals surface area contributed by atoms with E-state index in [-0.39, 0.29) is 6.04 Å². The van der Waals surface area contributed by atoms with E-state index in [9.17, 15) is 0 Å². The first-order valence-corrected chi connectivity index (χ1v) is 7.63. The fourth-order valence-corrected chi connectivity index (χ4v) is 3.48. The number of aromatic nitrogens is 2. The van der Waals surface area contributed by atoms with Crippen molar-refractivity contribution < 1.29 is 0 Å². The number of hydrogen-bond acceptors (Lipinski definition) is 3. The molecular weight excluding hydrogens is 236 g/mol. The lowest BCUT2D eigenvalue weighted by Gasteiger charge is -2.40. The van der Waals surface area contributed by atoms with Crippen LogP contribution in [0.15, 0.2) is 12.4 Å². The van der Waals surface area contributed by atoms with Crippen LogP contribution in [0, 0.1) is 0 Å². The zero-order valence-electron chi connectivity index (χ0n) is 12.5. The van der Waals surface area contributed by atoms with Crippen LogP contribution in [-0.4, -0.2) is 33.3 Å². The molecule has 19 heavy (non-hydrogen) atoms. The van der Waals surface area contributed by atoms with Crippen LogP contribution in [-0.2, 0) is 7.05 Å². The summed E-state index contributed by atoms with van der Waals surface area (Å²) in [6, 6.07) is 1.11. The highest BCUT2D eigenvalue weighted by atomic mass is 15.3. The second kappa shape index (κ2) is 6.53. The molecule has 2 N–H and O–H groups in total. The summed E-state index contributed by atoms with van der Waals surface area (Å²) in [6.07, 6.45) is 10.8. The molecule has 2 atom stereocenters. The first-order valence-electron chi connectivity index (χ1n) is 7.63. The lowest BCUT2D eigenvalue weighted by atomic mass is 9.91. The second-order valence-corrected chi connectivity index (χ2v) is 5.87. The largest absolute Gasteiger partial charge is 0.326 e. The molecule has 1 aromatic rings. The van der Waals surface area contributed by atoms with Gasteiger partial charge in [-0.15, -0.1) is 0 Å². The summed E-state index contributed by atoms with van der Waals surface area (Å²) < 4.78 is 1.87. The van der Waals surface area contributed by atoms with Crippen molar-refractivity contribution in [2.45, 2.75) is 64.1 Å². The van der Waals surface area contributed by atoms with Gasteiger partial charge in [0.25, 0.3) is 0 Å². The van der Waals surface area contributed by atoms with Gasteiger partial charge in [-0.1, -0.05) is 26.2 Å². The predicted octanol–water partition coefficient (Wildman–Crippen LogP) is 2.46. The molecule has 0 saturated heterocycles. The van der Waals surface area contributed by atoms with Crippen LogP contribution in [0.4, 0.5) is 0 Å². The topological polar surface area (TPSA) is 47.1 Å². The van der Waals surface area contributed by atoms with Gasteiger partial charge in [0.15, 0.2) is 0 Å². The Kier molecular flexibility index (Phi) is 4.99. The zero-order valence-corrected chi connectivity index (χ0v) is 12.5. The number of rotatable bonds is 5. The van der Waals surface area contributed by atoms with Crippen LogP contribution in [0.3, 0.4) is 0 Å². The van der Waals surface area contributed by atoms with Gasteiger partial charge in [0.05, 0.1) is 12.2 Å². The van der Waals surface area contributed by atoms with Crippen molar-refractivity contribution in [1.82, 2.24) is 14.7 Å². The maximum Gasteiger partial charge on any atom is 0.0538 e. The molecule has 0 radical (unpaired) electrons. The Morgan fingerprint density at radius 1 is 1.42 bits per heavy atom. The molecule has 1 aromatic heterocycles. The Hall–Kier alpha value is -0.870. The van der Waals surface area contributed by atoms with E-state index in [1.54, 1.807) is 0 Å². The summed E-state index contributed by atoms with van der Waals surface area (Å²) in [5.74, 6) is 0. The third kappa shape index (κ3) is 3.37. The van der Waals surface area contributed by atoms with Gasteiger partial charge in [-0.25, -0.2) is 0 Å². The molecule has 0 aromatic carbocycles. The van der Waals surface area contributed by atoms with Crippen molar-refractivity contribution >= 4 is 0 Å². The van der Waals surface area contributed by atoms with Crippen molar-refractivity contribution in [1.29, 1.82) is 0 Å². The van der Waals surface area contributed by atoms with Gasteiger partial charge < -0.3 is 5.73 Å². The van der Waals surface area contributed by atoms with E-state index in [1.807, 2.05) is 17.9 Å². The first-order chi connectivity index (χ1) is 9.13. The van der Waals surface area contributed by atoms with Crippen molar-refractivity contribution in [2.75, 3.05) is 6.54 Å². The molecule has 1 saturated carbocycles. The Bertz CT molecular complexity index is 379. The van der Waals surface area contributed by atoms with Gasteiger partial charge in [0.1, 0.15) is 0 Å². The van der Waals surface area contributed by atoms with Crippen molar-refractivity contribution in [3.63, 3.8) is 0 Å². The fourth-order valence-electron chi connectivity index (χ4n) is 3.48. The molecule has 108 valence electrons. The minimum absolute atomic E-state index is 0.131. The third-order valence-electron chi connectivity index (χ3n) is 4.33. The van der Waals surface area contributed by atoms with E-state index >= 15 is 0 Å². The summed E-state index contributed by atoms with van der Waals surface area (Å²) >= 11 is 0. The molecule has 1 aliphatic carbocycles. The first kappa shape index (κ1) is 14.5. The molecule has 0 amide bonds. The lowest BCUT2D eigenvalue weighted by Crippen LogP contribution is -2.45. The summed E-state index contributed by atoms with van der Waals surface area (Å²) in [5.41, 5.74) is 7.54. The second-order valence-electron chi connectivity index (χ2n) is 5.87.